The first-order valence-electron chi connectivity index (χ1n) is 7.67. The molecule has 2 rings (SSSR count). The highest BCUT2D eigenvalue weighted by atomic mass is 16.5. The lowest BCUT2D eigenvalue weighted by Crippen LogP contribution is -2.37. The highest BCUT2D eigenvalue weighted by molar-refractivity contribution is 4.88. The van der Waals surface area contributed by atoms with E-state index < -0.39 is 0 Å². The summed E-state index contributed by atoms with van der Waals surface area (Å²) in [5.41, 5.74) is 6.24. The van der Waals surface area contributed by atoms with E-state index in [1.54, 1.807) is 0 Å². The minimum atomic E-state index is 0.247. The van der Waals surface area contributed by atoms with E-state index in [4.69, 9.17) is 15.2 Å². The van der Waals surface area contributed by atoms with Gasteiger partial charge in [-0.1, -0.05) is 19.3 Å². The Bertz CT molecular complexity index is 225. The van der Waals surface area contributed by atoms with Crippen LogP contribution >= 0.6 is 0 Å². The zero-order valence-corrected chi connectivity index (χ0v) is 11.8. The van der Waals surface area contributed by atoms with Gasteiger partial charge in [-0.3, -0.25) is 0 Å². The lowest BCUT2D eigenvalue weighted by molar-refractivity contribution is 0.0568. The van der Waals surface area contributed by atoms with E-state index in [0.29, 0.717) is 6.10 Å². The zero-order chi connectivity index (χ0) is 12.8. The molecule has 1 heterocycles. The van der Waals surface area contributed by atoms with Gasteiger partial charge in [-0.25, -0.2) is 0 Å². The van der Waals surface area contributed by atoms with Crippen molar-refractivity contribution in [3.8, 4) is 0 Å². The molecular formula is C15H29NO2. The normalized spacial score (nSPS) is 25.0. The van der Waals surface area contributed by atoms with Gasteiger partial charge in [0.05, 0.1) is 6.10 Å². The van der Waals surface area contributed by atoms with Gasteiger partial charge in [0.25, 0.3) is 0 Å². The van der Waals surface area contributed by atoms with Crippen LogP contribution < -0.4 is 5.73 Å². The largest absolute Gasteiger partial charge is 0.381 e. The highest BCUT2D eigenvalue weighted by Crippen LogP contribution is 2.36. The molecule has 0 aromatic carbocycles. The van der Waals surface area contributed by atoms with Crippen molar-refractivity contribution in [3.05, 3.63) is 0 Å². The molecule has 2 atom stereocenters. The van der Waals surface area contributed by atoms with Crippen molar-refractivity contribution in [1.29, 1.82) is 0 Å². The Balaban J connectivity index is 1.53. The minimum absolute atomic E-state index is 0.247. The van der Waals surface area contributed by atoms with Crippen LogP contribution in [0.1, 0.15) is 51.4 Å². The monoisotopic (exact) mass is 255 g/mol. The first-order chi connectivity index (χ1) is 8.81. The average Bonchev–Trinajstić information content (AvgIpc) is 3.21. The van der Waals surface area contributed by atoms with E-state index in [9.17, 15) is 0 Å². The minimum Gasteiger partial charge on any atom is -0.381 e. The Labute approximate surface area is 111 Å². The predicted molar refractivity (Wildman–Crippen MR) is 73.5 cm³/mol. The Kier molecular flexibility index (Phi) is 5.93. The smallest absolute Gasteiger partial charge is 0.0750 e. The molecule has 0 spiro atoms. The molecule has 106 valence electrons. The molecule has 3 nitrogen and oxygen atoms in total. The van der Waals surface area contributed by atoms with Crippen LogP contribution in [0.15, 0.2) is 0 Å². The van der Waals surface area contributed by atoms with E-state index in [1.165, 1.54) is 44.9 Å². The van der Waals surface area contributed by atoms with Gasteiger partial charge in [-0.05, 0) is 43.9 Å². The standard InChI is InChI=1S/C15H29NO2/c1-17-15(13-6-7-13)14(16)5-3-2-4-12-8-10-18-11-9-12/h12-15H,2-11,16H2,1H3. The van der Waals surface area contributed by atoms with Crippen molar-refractivity contribution in [2.45, 2.75) is 63.5 Å². The Hall–Kier alpha value is -0.120. The van der Waals surface area contributed by atoms with Gasteiger partial charge in [-0.2, -0.15) is 0 Å². The summed E-state index contributed by atoms with van der Waals surface area (Å²) < 4.78 is 10.9. The van der Waals surface area contributed by atoms with Crippen molar-refractivity contribution < 1.29 is 9.47 Å². The maximum absolute atomic E-state index is 6.24. The molecule has 0 radical (unpaired) electrons. The van der Waals surface area contributed by atoms with Gasteiger partial charge in [0, 0.05) is 26.4 Å². The SMILES string of the molecule is COC(C(N)CCCCC1CCOCC1)C1CC1. The summed E-state index contributed by atoms with van der Waals surface area (Å²) in [4.78, 5) is 0. The number of rotatable bonds is 8. The van der Waals surface area contributed by atoms with Crippen LogP contribution in [0, 0.1) is 11.8 Å². The van der Waals surface area contributed by atoms with Gasteiger partial charge < -0.3 is 15.2 Å². The summed E-state index contributed by atoms with van der Waals surface area (Å²) in [5, 5.41) is 0. The van der Waals surface area contributed by atoms with E-state index >= 15 is 0 Å². The van der Waals surface area contributed by atoms with Crippen molar-refractivity contribution >= 4 is 0 Å². The number of hydrogen-bond donors (Lipinski definition) is 1. The molecule has 2 fully saturated rings. The zero-order valence-electron chi connectivity index (χ0n) is 11.8. The summed E-state index contributed by atoms with van der Waals surface area (Å²) in [6.45, 7) is 1.94. The predicted octanol–water partition coefficient (Wildman–Crippen LogP) is 2.73. The Morgan fingerprint density at radius 1 is 1.17 bits per heavy atom. The highest BCUT2D eigenvalue weighted by Gasteiger charge is 2.34. The molecule has 2 unspecified atom stereocenters. The van der Waals surface area contributed by atoms with Crippen LogP contribution in [0.2, 0.25) is 0 Å². The number of ether oxygens (including phenoxy) is 2. The lowest BCUT2D eigenvalue weighted by Gasteiger charge is -2.24. The third-order valence-electron chi connectivity index (χ3n) is 4.52. The summed E-state index contributed by atoms with van der Waals surface area (Å²) in [5.74, 6) is 1.65. The molecule has 18 heavy (non-hydrogen) atoms. The van der Waals surface area contributed by atoms with Crippen LogP contribution in [0.25, 0.3) is 0 Å². The maximum atomic E-state index is 6.24. The van der Waals surface area contributed by atoms with Gasteiger partial charge in [0.15, 0.2) is 0 Å². The maximum Gasteiger partial charge on any atom is 0.0750 e. The van der Waals surface area contributed by atoms with E-state index in [-0.39, 0.29) is 6.04 Å². The number of hydrogen-bond acceptors (Lipinski definition) is 3. The van der Waals surface area contributed by atoms with E-state index in [2.05, 4.69) is 0 Å². The van der Waals surface area contributed by atoms with Crippen LogP contribution in [0.5, 0.6) is 0 Å². The summed E-state index contributed by atoms with van der Waals surface area (Å²) in [6.07, 6.45) is 10.5. The topological polar surface area (TPSA) is 44.5 Å². The second kappa shape index (κ2) is 7.46. The lowest BCUT2D eigenvalue weighted by atomic mass is 9.92. The van der Waals surface area contributed by atoms with Crippen molar-refractivity contribution in [2.75, 3.05) is 20.3 Å². The fourth-order valence-corrected chi connectivity index (χ4v) is 3.15. The first-order valence-corrected chi connectivity index (χ1v) is 7.67. The van der Waals surface area contributed by atoms with Gasteiger partial charge in [-0.15, -0.1) is 0 Å². The van der Waals surface area contributed by atoms with Crippen molar-refractivity contribution in [2.24, 2.45) is 17.6 Å². The third kappa shape index (κ3) is 4.52. The van der Waals surface area contributed by atoms with Crippen LogP contribution in [0.4, 0.5) is 0 Å². The number of nitrogens with two attached hydrogens (primary N) is 1. The van der Waals surface area contributed by atoms with Crippen LogP contribution in [0.3, 0.4) is 0 Å². The molecule has 1 aliphatic carbocycles. The molecule has 0 aromatic rings. The van der Waals surface area contributed by atoms with Gasteiger partial charge >= 0.3 is 0 Å². The van der Waals surface area contributed by atoms with Crippen molar-refractivity contribution in [1.82, 2.24) is 0 Å². The molecule has 2 N–H and O–H groups in total. The van der Waals surface area contributed by atoms with Crippen LogP contribution in [-0.4, -0.2) is 32.5 Å². The number of unbranched alkanes of at least 4 members (excludes halogenated alkanes) is 1. The second-order valence-corrected chi connectivity index (χ2v) is 6.04. The first kappa shape index (κ1) is 14.3. The molecule has 2 aliphatic rings. The third-order valence-corrected chi connectivity index (χ3v) is 4.52. The summed E-state index contributed by atoms with van der Waals surface area (Å²) in [6, 6.07) is 0.247. The fourth-order valence-electron chi connectivity index (χ4n) is 3.15. The molecule has 0 aromatic heterocycles. The Morgan fingerprint density at radius 3 is 2.50 bits per heavy atom. The molecule has 0 amide bonds. The van der Waals surface area contributed by atoms with Crippen LogP contribution in [-0.2, 0) is 9.47 Å². The molecule has 3 heteroatoms. The van der Waals surface area contributed by atoms with E-state index in [0.717, 1.165) is 31.5 Å². The quantitative estimate of drug-likeness (QED) is 0.678. The summed E-state index contributed by atoms with van der Waals surface area (Å²) >= 11 is 0. The average molecular weight is 255 g/mol. The molecular weight excluding hydrogens is 226 g/mol. The molecule has 0 bridgehead atoms. The summed E-state index contributed by atoms with van der Waals surface area (Å²) in [7, 11) is 1.81. The second-order valence-electron chi connectivity index (χ2n) is 6.04. The molecule has 1 saturated heterocycles. The van der Waals surface area contributed by atoms with Gasteiger partial charge in [0.1, 0.15) is 0 Å². The van der Waals surface area contributed by atoms with Crippen molar-refractivity contribution in [3.63, 3.8) is 0 Å². The molecule has 1 aliphatic heterocycles. The van der Waals surface area contributed by atoms with Gasteiger partial charge in [0.2, 0.25) is 0 Å². The fraction of sp³-hybridized carbons (Fsp3) is 1.00. The molecule has 1 saturated carbocycles. The number of methoxy groups -OCH3 is 1. The van der Waals surface area contributed by atoms with E-state index in [1.807, 2.05) is 7.11 Å². The Morgan fingerprint density at radius 2 is 1.89 bits per heavy atom.